The fraction of sp³-hybridized carbons (Fsp3) is 0.280. The predicted molar refractivity (Wildman–Crippen MR) is 221 cm³/mol. The third-order valence-corrected chi connectivity index (χ3v) is 13.0. The van der Waals surface area contributed by atoms with Crippen molar-refractivity contribution in [2.45, 2.75) is 70.6 Å². The van der Waals surface area contributed by atoms with Gasteiger partial charge in [0.1, 0.15) is 5.75 Å². The van der Waals surface area contributed by atoms with Crippen LogP contribution in [0, 0.1) is 6.92 Å². The van der Waals surface area contributed by atoms with Crippen molar-refractivity contribution in [2.24, 2.45) is 0 Å². The molecule has 0 radical (unpaired) electrons. The van der Waals surface area contributed by atoms with E-state index < -0.39 is 5.41 Å². The lowest BCUT2D eigenvalue weighted by Gasteiger charge is -2.33. The minimum Gasteiger partial charge on any atom is -0.497 e. The van der Waals surface area contributed by atoms with Gasteiger partial charge in [-0.1, -0.05) is 119 Å². The second kappa shape index (κ2) is 12.7. The van der Waals surface area contributed by atoms with E-state index in [-0.39, 0.29) is 10.8 Å². The van der Waals surface area contributed by atoms with E-state index in [2.05, 4.69) is 157 Å². The van der Waals surface area contributed by atoms with Gasteiger partial charge >= 0.3 is 0 Å². The van der Waals surface area contributed by atoms with E-state index in [1.807, 2.05) is 0 Å². The molecule has 0 N–H and O–H groups in total. The zero-order valence-corrected chi connectivity index (χ0v) is 32.6. The normalized spacial score (nSPS) is 15.8. The molecular formula is C50H50O3. The summed E-state index contributed by atoms with van der Waals surface area (Å²) in [5, 5.41) is 2.39. The topological polar surface area (TPSA) is 27.7 Å². The fourth-order valence-corrected chi connectivity index (χ4v) is 9.79. The van der Waals surface area contributed by atoms with Gasteiger partial charge in [-0.3, -0.25) is 0 Å². The first-order chi connectivity index (χ1) is 25.6. The quantitative estimate of drug-likeness (QED) is 0.150. The SMILES string of the molecule is CCC1(CC)c2ccccc2-c2c1c(/C=C\C(C)(c1ccc(OC)cc1)c1ccc3c(c1)C(C)(C)c1ccccc1-3)c(C)c1cc(OC)c(OC)cc21. The van der Waals surface area contributed by atoms with Crippen molar-refractivity contribution in [1.29, 1.82) is 0 Å². The van der Waals surface area contributed by atoms with E-state index in [0.717, 1.165) is 30.1 Å². The number of ether oxygens (including phenoxy) is 3. The predicted octanol–water partition coefficient (Wildman–Crippen LogP) is 12.6. The summed E-state index contributed by atoms with van der Waals surface area (Å²) < 4.78 is 17.4. The number of benzene rings is 6. The molecule has 0 fully saturated rings. The Morgan fingerprint density at radius 2 is 1.21 bits per heavy atom. The number of hydrogen-bond acceptors (Lipinski definition) is 3. The van der Waals surface area contributed by atoms with Crippen LogP contribution in [0.4, 0.5) is 0 Å². The van der Waals surface area contributed by atoms with Gasteiger partial charge in [-0.05, 0) is 128 Å². The maximum atomic E-state index is 5.89. The molecule has 8 rings (SSSR count). The molecular weight excluding hydrogens is 649 g/mol. The van der Waals surface area contributed by atoms with Gasteiger partial charge in [0.25, 0.3) is 0 Å². The molecule has 0 amide bonds. The second-order valence-electron chi connectivity index (χ2n) is 15.6. The highest BCUT2D eigenvalue weighted by Crippen LogP contribution is 2.58. The average molecular weight is 699 g/mol. The Hall–Kier alpha value is -5.28. The van der Waals surface area contributed by atoms with E-state index in [4.69, 9.17) is 14.2 Å². The van der Waals surface area contributed by atoms with Crippen LogP contribution in [0.3, 0.4) is 0 Å². The van der Waals surface area contributed by atoms with E-state index in [0.29, 0.717) is 0 Å². The number of rotatable bonds is 9. The Morgan fingerprint density at radius 3 is 1.85 bits per heavy atom. The van der Waals surface area contributed by atoms with E-state index in [9.17, 15) is 0 Å². The zero-order chi connectivity index (χ0) is 37.3. The zero-order valence-electron chi connectivity index (χ0n) is 32.6. The number of aryl methyl sites for hydroxylation is 1. The van der Waals surface area contributed by atoms with Crippen molar-refractivity contribution in [2.75, 3.05) is 21.3 Å². The molecule has 1 atom stereocenters. The van der Waals surface area contributed by atoms with Crippen LogP contribution in [0.15, 0.2) is 109 Å². The molecule has 0 saturated heterocycles. The molecule has 3 heteroatoms. The highest BCUT2D eigenvalue weighted by molar-refractivity contribution is 6.07. The average Bonchev–Trinajstić information content (AvgIpc) is 3.62. The fourth-order valence-electron chi connectivity index (χ4n) is 9.79. The molecule has 0 aromatic heterocycles. The van der Waals surface area contributed by atoms with Gasteiger partial charge < -0.3 is 14.2 Å². The number of methoxy groups -OCH3 is 3. The molecule has 53 heavy (non-hydrogen) atoms. The van der Waals surface area contributed by atoms with Gasteiger partial charge in [0.05, 0.1) is 21.3 Å². The maximum Gasteiger partial charge on any atom is 0.161 e. The van der Waals surface area contributed by atoms with Crippen molar-refractivity contribution in [3.8, 4) is 39.5 Å². The molecule has 0 bridgehead atoms. The smallest absolute Gasteiger partial charge is 0.161 e. The highest BCUT2D eigenvalue weighted by atomic mass is 16.5. The van der Waals surface area contributed by atoms with Crippen molar-refractivity contribution in [3.05, 3.63) is 154 Å². The van der Waals surface area contributed by atoms with E-state index in [1.54, 1.807) is 21.3 Å². The lowest BCUT2D eigenvalue weighted by Crippen LogP contribution is -2.25. The van der Waals surface area contributed by atoms with E-state index >= 15 is 0 Å². The third-order valence-electron chi connectivity index (χ3n) is 13.0. The molecule has 6 aromatic carbocycles. The first-order valence-corrected chi connectivity index (χ1v) is 19.0. The Balaban J connectivity index is 1.41. The van der Waals surface area contributed by atoms with Gasteiger partial charge in [-0.15, -0.1) is 0 Å². The summed E-state index contributed by atoms with van der Waals surface area (Å²) >= 11 is 0. The second-order valence-corrected chi connectivity index (χ2v) is 15.6. The minimum absolute atomic E-state index is 0.101. The summed E-state index contributed by atoms with van der Waals surface area (Å²) in [6.07, 6.45) is 6.90. The highest BCUT2D eigenvalue weighted by Gasteiger charge is 2.44. The summed E-state index contributed by atoms with van der Waals surface area (Å²) in [4.78, 5) is 0. The van der Waals surface area contributed by atoms with Crippen molar-refractivity contribution < 1.29 is 14.2 Å². The molecule has 3 nitrogen and oxygen atoms in total. The largest absolute Gasteiger partial charge is 0.497 e. The molecule has 1 unspecified atom stereocenters. The van der Waals surface area contributed by atoms with Crippen LogP contribution in [0.25, 0.3) is 39.1 Å². The van der Waals surface area contributed by atoms with Crippen LogP contribution in [-0.2, 0) is 16.2 Å². The van der Waals surface area contributed by atoms with Crippen LogP contribution in [0.1, 0.15) is 92.0 Å². The molecule has 0 spiro atoms. The Kier molecular flexibility index (Phi) is 8.33. The van der Waals surface area contributed by atoms with Crippen LogP contribution >= 0.6 is 0 Å². The molecule has 6 aromatic rings. The van der Waals surface area contributed by atoms with Crippen LogP contribution in [-0.4, -0.2) is 21.3 Å². The van der Waals surface area contributed by atoms with Crippen molar-refractivity contribution in [3.63, 3.8) is 0 Å². The van der Waals surface area contributed by atoms with Gasteiger partial charge in [-0.2, -0.15) is 0 Å². The van der Waals surface area contributed by atoms with Crippen LogP contribution in [0.2, 0.25) is 0 Å². The Bertz CT molecular complexity index is 2430. The number of allylic oxidation sites excluding steroid dienone is 1. The Labute approximate surface area is 315 Å². The number of fused-ring (bicyclic) bond motifs is 8. The molecule has 268 valence electrons. The summed E-state index contributed by atoms with van der Waals surface area (Å²) in [5.41, 5.74) is 15.2. The van der Waals surface area contributed by atoms with Crippen LogP contribution in [0.5, 0.6) is 17.2 Å². The van der Waals surface area contributed by atoms with Crippen molar-refractivity contribution in [1.82, 2.24) is 0 Å². The molecule has 2 aliphatic rings. The minimum atomic E-state index is -0.454. The molecule has 0 aliphatic heterocycles. The number of hydrogen-bond donors (Lipinski definition) is 0. The summed E-state index contributed by atoms with van der Waals surface area (Å²) in [6.45, 7) is 14.1. The van der Waals surface area contributed by atoms with Gasteiger partial charge in [-0.25, -0.2) is 0 Å². The van der Waals surface area contributed by atoms with Crippen molar-refractivity contribution >= 4 is 16.8 Å². The van der Waals surface area contributed by atoms with Gasteiger partial charge in [0.2, 0.25) is 0 Å². The summed E-state index contributed by atoms with van der Waals surface area (Å²) in [7, 11) is 5.18. The Morgan fingerprint density at radius 1 is 0.623 bits per heavy atom. The maximum absolute atomic E-state index is 5.89. The van der Waals surface area contributed by atoms with Gasteiger partial charge in [0, 0.05) is 16.2 Å². The summed E-state index contributed by atoms with van der Waals surface area (Å²) in [6, 6.07) is 38.1. The first-order valence-electron chi connectivity index (χ1n) is 19.0. The standard InChI is InChI=1S/C50H50O3/c1-10-50(11-2)42-19-15-13-17-38(42)46-40-30-45(53-9)44(52-8)29-39(40)31(3)35(47(46)50)26-27-49(6,32-20-23-34(51-7)24-21-32)33-22-25-37-36-16-12-14-18-41(36)48(4,5)43(37)28-33/h12-30H,10-11H2,1-9H3/b27-26-. The lowest BCUT2D eigenvalue weighted by molar-refractivity contribution is 0.356. The lowest BCUT2D eigenvalue weighted by atomic mass is 9.70. The molecule has 2 aliphatic carbocycles. The third kappa shape index (κ3) is 4.93. The first kappa shape index (κ1) is 34.8. The van der Waals surface area contributed by atoms with Crippen LogP contribution < -0.4 is 14.2 Å². The van der Waals surface area contributed by atoms with E-state index in [1.165, 1.54) is 77.5 Å². The summed E-state index contributed by atoms with van der Waals surface area (Å²) in [5.74, 6) is 2.35. The monoisotopic (exact) mass is 698 g/mol. The van der Waals surface area contributed by atoms with Gasteiger partial charge in [0.15, 0.2) is 11.5 Å². The molecule has 0 saturated carbocycles. The molecule has 0 heterocycles.